The summed E-state index contributed by atoms with van der Waals surface area (Å²) in [6.07, 6.45) is 2.00. The second-order valence-electron chi connectivity index (χ2n) is 11.1. The first-order chi connectivity index (χ1) is 20.1. The fourth-order valence-electron chi connectivity index (χ4n) is 5.70. The lowest BCUT2D eigenvalue weighted by Gasteiger charge is -2.37. The highest BCUT2D eigenvalue weighted by Crippen LogP contribution is 2.40. The van der Waals surface area contributed by atoms with Crippen LogP contribution in [0.5, 0.6) is 5.75 Å². The molecule has 226 valence electrons. The van der Waals surface area contributed by atoms with Crippen LogP contribution < -0.4 is 10.6 Å². The molecule has 2 atom stereocenters. The molecule has 2 aromatic rings. The molecule has 0 aliphatic carbocycles. The zero-order valence-corrected chi connectivity index (χ0v) is 24.5. The third-order valence-electron chi connectivity index (χ3n) is 8.12. The van der Waals surface area contributed by atoms with Gasteiger partial charge in [-0.2, -0.15) is 0 Å². The number of phenols is 1. The van der Waals surface area contributed by atoms with Gasteiger partial charge >= 0.3 is 5.97 Å². The van der Waals surface area contributed by atoms with E-state index in [1.165, 1.54) is 12.1 Å². The SMILES string of the molecule is CCC1(c2cc(Cl)cc([C@H](CC(=O)O)CC(=O)CNC(=O)c3cc(O)cc(CC4=NCC(O)CN4)c3)c2)CCOCC1. The molecule has 0 saturated carbocycles. The fraction of sp³-hybridized carbons (Fsp3) is 0.484. The van der Waals surface area contributed by atoms with Crippen LogP contribution in [-0.4, -0.2) is 77.8 Å². The van der Waals surface area contributed by atoms with E-state index in [1.54, 1.807) is 12.1 Å². The minimum atomic E-state index is -1.03. The molecule has 1 fully saturated rings. The van der Waals surface area contributed by atoms with Crippen molar-refractivity contribution in [1.82, 2.24) is 10.6 Å². The molecule has 2 aliphatic rings. The maximum atomic E-state index is 13.0. The van der Waals surface area contributed by atoms with Crippen LogP contribution in [0.25, 0.3) is 0 Å². The number of rotatable bonds is 12. The van der Waals surface area contributed by atoms with Crippen molar-refractivity contribution in [2.75, 3.05) is 32.8 Å². The largest absolute Gasteiger partial charge is 0.508 e. The van der Waals surface area contributed by atoms with E-state index in [4.69, 9.17) is 16.3 Å². The highest BCUT2D eigenvalue weighted by molar-refractivity contribution is 6.30. The minimum absolute atomic E-state index is 0.0861. The number of amidine groups is 1. The highest BCUT2D eigenvalue weighted by atomic mass is 35.5. The van der Waals surface area contributed by atoms with E-state index in [0.717, 1.165) is 24.8 Å². The van der Waals surface area contributed by atoms with Crippen molar-refractivity contribution in [3.8, 4) is 5.75 Å². The number of aliphatic imine (C=N–C) groups is 1. The number of carbonyl (C=O) groups is 3. The number of carbonyl (C=O) groups excluding carboxylic acids is 2. The van der Waals surface area contributed by atoms with E-state index in [0.29, 0.717) is 48.2 Å². The monoisotopic (exact) mass is 599 g/mol. The van der Waals surface area contributed by atoms with E-state index >= 15 is 0 Å². The van der Waals surface area contributed by atoms with Gasteiger partial charge in [-0.05, 0) is 71.7 Å². The van der Waals surface area contributed by atoms with Crippen molar-refractivity contribution in [1.29, 1.82) is 0 Å². The maximum absolute atomic E-state index is 13.0. The van der Waals surface area contributed by atoms with Crippen molar-refractivity contribution < 1.29 is 34.4 Å². The number of ketones is 1. The lowest BCUT2D eigenvalue weighted by molar-refractivity contribution is -0.137. The van der Waals surface area contributed by atoms with Crippen LogP contribution in [0.4, 0.5) is 0 Å². The number of hydrogen-bond acceptors (Lipinski definition) is 8. The number of ether oxygens (including phenoxy) is 1. The Bertz CT molecular complexity index is 1340. The van der Waals surface area contributed by atoms with Gasteiger partial charge in [-0.25, -0.2) is 0 Å². The molecule has 11 heteroatoms. The predicted octanol–water partition coefficient (Wildman–Crippen LogP) is 3.36. The number of carboxylic acid groups (broad SMARTS) is 1. The van der Waals surface area contributed by atoms with E-state index in [2.05, 4.69) is 22.5 Å². The molecule has 0 aromatic heterocycles. The standard InChI is InChI=1S/C31H38ClN3O7/c1-2-31(3-5-42-6-4-31)23-10-20(11-24(32)15-23)21(14-29(39)40)12-26(37)16-35-30(41)22-7-19(8-25(36)13-22)9-28-33-17-27(38)18-34-28/h7-8,10-11,13,15,21,27,36,38H,2-6,9,12,14,16-18H2,1H3,(H,33,34)(H,35,41)(H,39,40)/t21-/m0/s1. The lowest BCUT2D eigenvalue weighted by Crippen LogP contribution is -2.39. The molecule has 1 unspecified atom stereocenters. The van der Waals surface area contributed by atoms with Crippen LogP contribution >= 0.6 is 11.6 Å². The summed E-state index contributed by atoms with van der Waals surface area (Å²) in [5, 5.41) is 35.5. The number of amides is 1. The number of nitrogens with zero attached hydrogens (tertiary/aromatic N) is 1. The summed E-state index contributed by atoms with van der Waals surface area (Å²) in [5.74, 6) is -1.98. The van der Waals surface area contributed by atoms with Crippen LogP contribution in [0.2, 0.25) is 5.02 Å². The fourth-order valence-corrected chi connectivity index (χ4v) is 5.94. The van der Waals surface area contributed by atoms with Gasteiger partial charge in [0.1, 0.15) is 11.6 Å². The maximum Gasteiger partial charge on any atom is 0.303 e. The van der Waals surface area contributed by atoms with Crippen molar-refractivity contribution in [2.45, 2.75) is 62.9 Å². The first-order valence-electron chi connectivity index (χ1n) is 14.3. The molecule has 2 aromatic carbocycles. The Morgan fingerprint density at radius 3 is 2.57 bits per heavy atom. The molecule has 2 aliphatic heterocycles. The molecule has 10 nitrogen and oxygen atoms in total. The van der Waals surface area contributed by atoms with Crippen LogP contribution in [0.1, 0.15) is 72.0 Å². The second-order valence-corrected chi connectivity index (χ2v) is 11.6. The summed E-state index contributed by atoms with van der Waals surface area (Å²) in [6, 6.07) is 10.0. The number of nitrogens with one attached hydrogen (secondary N) is 2. The van der Waals surface area contributed by atoms with Gasteiger partial charge in [0.25, 0.3) is 5.91 Å². The Morgan fingerprint density at radius 1 is 1.14 bits per heavy atom. The van der Waals surface area contributed by atoms with Gasteiger partial charge in [-0.3, -0.25) is 19.4 Å². The third kappa shape index (κ3) is 8.30. The quantitative estimate of drug-likeness (QED) is 0.248. The third-order valence-corrected chi connectivity index (χ3v) is 8.34. The topological polar surface area (TPSA) is 158 Å². The average Bonchev–Trinajstić information content (AvgIpc) is 2.96. The summed E-state index contributed by atoms with van der Waals surface area (Å²) in [4.78, 5) is 41.9. The molecule has 0 spiro atoms. The zero-order chi connectivity index (χ0) is 30.3. The smallest absolute Gasteiger partial charge is 0.303 e. The molecule has 0 bridgehead atoms. The number of β-amino-alcohol motifs (C(OH)–C–C–N with tert-alkyl or cyclic N) is 1. The molecule has 1 saturated heterocycles. The number of aliphatic carboxylic acids is 1. The van der Waals surface area contributed by atoms with Crippen LogP contribution in [-0.2, 0) is 26.2 Å². The summed E-state index contributed by atoms with van der Waals surface area (Å²) < 4.78 is 5.57. The van der Waals surface area contributed by atoms with Gasteiger partial charge in [-0.15, -0.1) is 0 Å². The number of phenolic OH excluding ortho intramolecular Hbond substituents is 1. The van der Waals surface area contributed by atoms with Gasteiger partial charge in [0, 0.05) is 49.1 Å². The number of aromatic hydroxyl groups is 1. The van der Waals surface area contributed by atoms with E-state index in [-0.39, 0.29) is 48.4 Å². The van der Waals surface area contributed by atoms with Gasteiger partial charge < -0.3 is 30.7 Å². The van der Waals surface area contributed by atoms with E-state index in [9.17, 15) is 29.7 Å². The summed E-state index contributed by atoms with van der Waals surface area (Å²) >= 11 is 6.51. The molecular formula is C31H38ClN3O7. The highest BCUT2D eigenvalue weighted by Gasteiger charge is 2.34. The summed E-state index contributed by atoms with van der Waals surface area (Å²) in [6.45, 7) is 3.77. The Hall–Kier alpha value is -3.47. The van der Waals surface area contributed by atoms with Crippen LogP contribution in [0.3, 0.4) is 0 Å². The summed E-state index contributed by atoms with van der Waals surface area (Å²) in [5.41, 5.74) is 2.41. The first kappa shape index (κ1) is 31.5. The Morgan fingerprint density at radius 2 is 1.90 bits per heavy atom. The number of Topliss-reactive ketones (excluding diaryl/α,β-unsaturated/α-hetero) is 1. The molecule has 42 heavy (non-hydrogen) atoms. The van der Waals surface area contributed by atoms with Gasteiger partial charge in [0.15, 0.2) is 5.78 Å². The minimum Gasteiger partial charge on any atom is -0.508 e. The molecule has 0 radical (unpaired) electrons. The Balaban J connectivity index is 1.43. The van der Waals surface area contributed by atoms with Crippen LogP contribution in [0, 0.1) is 0 Å². The molecule has 2 heterocycles. The Kier molecular flexibility index (Phi) is 10.6. The number of halogens is 1. The van der Waals surface area contributed by atoms with E-state index in [1.807, 2.05) is 12.1 Å². The van der Waals surface area contributed by atoms with Crippen molar-refractivity contribution in [3.63, 3.8) is 0 Å². The number of hydrogen-bond donors (Lipinski definition) is 5. The lowest BCUT2D eigenvalue weighted by atomic mass is 9.71. The number of aliphatic hydroxyl groups excluding tert-OH is 1. The van der Waals surface area contributed by atoms with E-state index < -0.39 is 23.9 Å². The predicted molar refractivity (Wildman–Crippen MR) is 159 cm³/mol. The molecule has 4 rings (SSSR count). The normalized spacial score (nSPS) is 18.8. The number of benzene rings is 2. The number of carboxylic acids is 1. The van der Waals surface area contributed by atoms with Gasteiger partial charge in [0.05, 0.1) is 25.6 Å². The first-order valence-corrected chi connectivity index (χ1v) is 14.6. The van der Waals surface area contributed by atoms with Crippen molar-refractivity contribution in [3.05, 3.63) is 63.7 Å². The van der Waals surface area contributed by atoms with Crippen molar-refractivity contribution in [2.24, 2.45) is 4.99 Å². The van der Waals surface area contributed by atoms with Crippen molar-refractivity contribution >= 4 is 35.1 Å². The zero-order valence-electron chi connectivity index (χ0n) is 23.7. The molecular weight excluding hydrogens is 562 g/mol. The average molecular weight is 600 g/mol. The Labute approximate surface area is 250 Å². The second kappa shape index (κ2) is 14.1. The van der Waals surface area contributed by atoms with Gasteiger partial charge in [0.2, 0.25) is 0 Å². The molecule has 1 amide bonds. The summed E-state index contributed by atoms with van der Waals surface area (Å²) in [7, 11) is 0. The number of aliphatic hydroxyl groups is 1. The molecule has 5 N–H and O–H groups in total. The van der Waals surface area contributed by atoms with Gasteiger partial charge in [-0.1, -0.05) is 24.6 Å². The van der Waals surface area contributed by atoms with Crippen LogP contribution in [0.15, 0.2) is 41.4 Å².